The third kappa shape index (κ3) is 1.83. The van der Waals surface area contributed by atoms with E-state index in [0.717, 1.165) is 6.92 Å². The van der Waals surface area contributed by atoms with Gasteiger partial charge in [-0.25, -0.2) is 0 Å². The number of hydrogen-bond donors (Lipinski definition) is 5. The molecule has 1 rings (SSSR count). The zero-order valence-electron chi connectivity index (χ0n) is 7.16. The van der Waals surface area contributed by atoms with E-state index in [1.165, 1.54) is 0 Å². The molecule has 0 amide bonds. The van der Waals surface area contributed by atoms with Gasteiger partial charge in [-0.1, -0.05) is 0 Å². The molecule has 1 fully saturated rings. The van der Waals surface area contributed by atoms with Crippen molar-refractivity contribution < 1.29 is 30.3 Å². The van der Waals surface area contributed by atoms with Crippen molar-refractivity contribution in [1.82, 2.24) is 0 Å². The van der Waals surface area contributed by atoms with Crippen LogP contribution in [0.15, 0.2) is 0 Å². The molecular formula is C7H14O6. The average molecular weight is 194 g/mol. The van der Waals surface area contributed by atoms with E-state index in [4.69, 9.17) is 9.84 Å². The monoisotopic (exact) mass is 194 g/mol. The van der Waals surface area contributed by atoms with Crippen LogP contribution in [-0.4, -0.2) is 62.3 Å². The molecule has 13 heavy (non-hydrogen) atoms. The highest BCUT2D eigenvalue weighted by molar-refractivity contribution is 4.93. The Hall–Kier alpha value is -0.240. The Labute approximate surface area is 75.0 Å². The normalized spacial score (nSPS) is 52.2. The summed E-state index contributed by atoms with van der Waals surface area (Å²) >= 11 is 0. The molecule has 1 saturated heterocycles. The van der Waals surface area contributed by atoms with Crippen LogP contribution < -0.4 is 0 Å². The summed E-state index contributed by atoms with van der Waals surface area (Å²) in [4.78, 5) is 0. The molecule has 0 unspecified atom stereocenters. The fraction of sp³-hybridized carbons (Fsp3) is 1.00. The van der Waals surface area contributed by atoms with Crippen molar-refractivity contribution >= 4 is 0 Å². The van der Waals surface area contributed by atoms with E-state index in [1.807, 2.05) is 0 Å². The number of ether oxygens (including phenoxy) is 1. The van der Waals surface area contributed by atoms with Gasteiger partial charge in [-0.3, -0.25) is 0 Å². The molecule has 78 valence electrons. The van der Waals surface area contributed by atoms with Gasteiger partial charge < -0.3 is 30.3 Å². The van der Waals surface area contributed by atoms with Crippen molar-refractivity contribution in [3.63, 3.8) is 0 Å². The highest BCUT2D eigenvalue weighted by atomic mass is 16.7. The summed E-state index contributed by atoms with van der Waals surface area (Å²) in [6, 6.07) is 0. The first kappa shape index (κ1) is 10.8. The molecule has 0 aliphatic carbocycles. The molecule has 5 N–H and O–H groups in total. The summed E-state index contributed by atoms with van der Waals surface area (Å²) in [5.74, 6) is -1.95. The molecule has 1 heterocycles. The molecule has 0 saturated carbocycles. The fourth-order valence-electron chi connectivity index (χ4n) is 1.31. The van der Waals surface area contributed by atoms with E-state index in [0.29, 0.717) is 0 Å². The van der Waals surface area contributed by atoms with Gasteiger partial charge in [0, 0.05) is 0 Å². The summed E-state index contributed by atoms with van der Waals surface area (Å²) in [5, 5.41) is 45.8. The second-order valence-corrected chi connectivity index (χ2v) is 3.32. The number of rotatable bonds is 1. The Balaban J connectivity index is 2.79. The molecule has 5 atom stereocenters. The van der Waals surface area contributed by atoms with Crippen LogP contribution in [-0.2, 0) is 4.74 Å². The highest BCUT2D eigenvalue weighted by Crippen LogP contribution is 2.27. The minimum absolute atomic E-state index is 0.541. The maximum Gasteiger partial charge on any atom is 0.192 e. The zero-order valence-corrected chi connectivity index (χ0v) is 7.16. The van der Waals surface area contributed by atoms with E-state index in [1.54, 1.807) is 0 Å². The Morgan fingerprint density at radius 1 is 1.23 bits per heavy atom. The van der Waals surface area contributed by atoms with Gasteiger partial charge in [0.15, 0.2) is 5.79 Å². The Morgan fingerprint density at radius 2 is 1.77 bits per heavy atom. The minimum atomic E-state index is -1.95. The van der Waals surface area contributed by atoms with Gasteiger partial charge in [0.05, 0.1) is 6.61 Å². The lowest BCUT2D eigenvalue weighted by Crippen LogP contribution is -2.63. The average Bonchev–Trinajstić information content (AvgIpc) is 2.08. The predicted octanol–water partition coefficient (Wildman–Crippen LogP) is -2.83. The van der Waals surface area contributed by atoms with Crippen molar-refractivity contribution in [3.8, 4) is 0 Å². The van der Waals surface area contributed by atoms with E-state index < -0.39 is 36.8 Å². The SMILES string of the molecule is C[C@]1(O)O[C@H](CO)[C@H](O)[C@@H](O)[C@@H]1O. The predicted molar refractivity (Wildman–Crippen MR) is 40.6 cm³/mol. The molecule has 0 aromatic carbocycles. The molecule has 0 radical (unpaired) electrons. The van der Waals surface area contributed by atoms with Gasteiger partial charge in [-0.15, -0.1) is 0 Å². The fourth-order valence-corrected chi connectivity index (χ4v) is 1.31. The first-order valence-electron chi connectivity index (χ1n) is 3.95. The quantitative estimate of drug-likeness (QED) is 0.308. The van der Waals surface area contributed by atoms with Crippen molar-refractivity contribution in [2.24, 2.45) is 0 Å². The summed E-state index contributed by atoms with van der Waals surface area (Å²) in [5.41, 5.74) is 0. The Morgan fingerprint density at radius 3 is 2.23 bits per heavy atom. The molecule has 1 aliphatic heterocycles. The molecule has 0 bridgehead atoms. The van der Waals surface area contributed by atoms with Gasteiger partial charge in [0.2, 0.25) is 0 Å². The van der Waals surface area contributed by atoms with Crippen LogP contribution in [0.5, 0.6) is 0 Å². The highest BCUT2D eigenvalue weighted by Gasteiger charge is 2.49. The first-order chi connectivity index (χ1) is 5.90. The molecular weight excluding hydrogens is 180 g/mol. The van der Waals surface area contributed by atoms with Crippen molar-refractivity contribution in [1.29, 1.82) is 0 Å². The van der Waals surface area contributed by atoms with E-state index in [-0.39, 0.29) is 0 Å². The second-order valence-electron chi connectivity index (χ2n) is 3.32. The van der Waals surface area contributed by atoms with Crippen LogP contribution in [0.25, 0.3) is 0 Å². The third-order valence-electron chi connectivity index (χ3n) is 2.17. The van der Waals surface area contributed by atoms with Crippen LogP contribution in [0, 0.1) is 0 Å². The van der Waals surface area contributed by atoms with Crippen molar-refractivity contribution in [2.45, 2.75) is 37.1 Å². The largest absolute Gasteiger partial charge is 0.394 e. The van der Waals surface area contributed by atoms with Gasteiger partial charge >= 0.3 is 0 Å². The topological polar surface area (TPSA) is 110 Å². The van der Waals surface area contributed by atoms with Gasteiger partial charge in [-0.05, 0) is 6.92 Å². The van der Waals surface area contributed by atoms with Gasteiger partial charge in [0.25, 0.3) is 0 Å². The molecule has 1 aliphatic rings. The Bertz CT molecular complexity index is 180. The zero-order chi connectivity index (χ0) is 10.2. The van der Waals surface area contributed by atoms with Crippen LogP contribution in [0.2, 0.25) is 0 Å². The lowest BCUT2D eigenvalue weighted by Gasteiger charge is -2.43. The van der Waals surface area contributed by atoms with Crippen molar-refractivity contribution in [3.05, 3.63) is 0 Å². The minimum Gasteiger partial charge on any atom is -0.394 e. The maximum absolute atomic E-state index is 9.38. The number of hydrogen-bond acceptors (Lipinski definition) is 6. The van der Waals surface area contributed by atoms with Crippen LogP contribution in [0.4, 0.5) is 0 Å². The smallest absolute Gasteiger partial charge is 0.192 e. The van der Waals surface area contributed by atoms with Gasteiger partial charge in [-0.2, -0.15) is 0 Å². The summed E-state index contributed by atoms with van der Waals surface area (Å²) in [6.07, 6.45) is -5.61. The van der Waals surface area contributed by atoms with E-state index in [9.17, 15) is 20.4 Å². The third-order valence-corrected chi connectivity index (χ3v) is 2.17. The van der Waals surface area contributed by atoms with Crippen LogP contribution >= 0.6 is 0 Å². The molecule has 0 spiro atoms. The van der Waals surface area contributed by atoms with Crippen molar-refractivity contribution in [2.75, 3.05) is 6.61 Å². The first-order valence-corrected chi connectivity index (χ1v) is 3.95. The maximum atomic E-state index is 9.38. The van der Waals surface area contributed by atoms with E-state index >= 15 is 0 Å². The lowest BCUT2D eigenvalue weighted by molar-refractivity contribution is -0.341. The molecule has 0 aromatic rings. The number of aliphatic hydroxyl groups excluding tert-OH is 4. The summed E-state index contributed by atoms with van der Waals surface area (Å²) in [7, 11) is 0. The Kier molecular flexibility index (Phi) is 2.91. The summed E-state index contributed by atoms with van der Waals surface area (Å²) < 4.78 is 4.76. The summed E-state index contributed by atoms with van der Waals surface area (Å²) in [6.45, 7) is 0.608. The van der Waals surface area contributed by atoms with Crippen LogP contribution in [0.3, 0.4) is 0 Å². The van der Waals surface area contributed by atoms with Crippen LogP contribution in [0.1, 0.15) is 6.92 Å². The second kappa shape index (κ2) is 3.49. The lowest BCUT2D eigenvalue weighted by atomic mass is 9.94. The number of aliphatic hydroxyl groups is 5. The molecule has 6 heteroatoms. The molecule has 6 nitrogen and oxygen atoms in total. The van der Waals surface area contributed by atoms with Gasteiger partial charge in [0.1, 0.15) is 24.4 Å². The molecule has 0 aromatic heterocycles. The van der Waals surface area contributed by atoms with E-state index in [2.05, 4.69) is 0 Å². The standard InChI is InChI=1S/C7H14O6/c1-7(12)6(11)5(10)4(9)3(2-8)13-7/h3-6,8-12H,2H2,1H3/t3-,4+,5-,6+,7+/m1/s1.